The Balaban J connectivity index is 1.53. The van der Waals surface area contributed by atoms with E-state index in [1.54, 1.807) is 32.5 Å². The number of anilines is 1. The van der Waals surface area contributed by atoms with Crippen molar-refractivity contribution in [2.75, 3.05) is 19.5 Å². The van der Waals surface area contributed by atoms with Gasteiger partial charge in [0.25, 0.3) is 0 Å². The highest BCUT2D eigenvalue weighted by molar-refractivity contribution is 5.80. The maximum atomic E-state index is 13.6. The number of pyridine rings is 1. The third-order valence-corrected chi connectivity index (χ3v) is 6.05. The van der Waals surface area contributed by atoms with Gasteiger partial charge in [0.05, 0.1) is 31.3 Å². The van der Waals surface area contributed by atoms with Crippen LogP contribution in [0.1, 0.15) is 18.1 Å². The third-order valence-electron chi connectivity index (χ3n) is 6.05. The molecular formula is C28H26FN5O2. The summed E-state index contributed by atoms with van der Waals surface area (Å²) in [6.45, 7) is 2.57. The standard InChI is InChI=1S/C28H26FN5O2/c1-4-18-12-14-34-25(15-18)33-26(19-5-8-21(29)9-6-19)27(34)23-11-13-30-28(32-23)31-17-20-7-10-22(35-2)16-24(20)36-3/h5-16H,4,17H2,1-3H3,(H,30,31,32). The van der Waals surface area contributed by atoms with Gasteiger partial charge in [0.1, 0.15) is 23.0 Å². The first-order chi connectivity index (χ1) is 17.6. The van der Waals surface area contributed by atoms with Crippen molar-refractivity contribution >= 4 is 11.6 Å². The van der Waals surface area contributed by atoms with E-state index in [0.29, 0.717) is 23.9 Å². The van der Waals surface area contributed by atoms with Gasteiger partial charge in [0.15, 0.2) is 0 Å². The summed E-state index contributed by atoms with van der Waals surface area (Å²) in [6, 6.07) is 18.0. The van der Waals surface area contributed by atoms with E-state index in [4.69, 9.17) is 19.4 Å². The summed E-state index contributed by atoms with van der Waals surface area (Å²) in [5.74, 6) is 1.61. The molecule has 0 spiro atoms. The molecule has 0 radical (unpaired) electrons. The van der Waals surface area contributed by atoms with Crippen molar-refractivity contribution in [3.8, 4) is 34.1 Å². The molecule has 182 valence electrons. The zero-order valence-electron chi connectivity index (χ0n) is 20.3. The summed E-state index contributed by atoms with van der Waals surface area (Å²) in [7, 11) is 3.25. The lowest BCUT2D eigenvalue weighted by Gasteiger charge is -2.12. The maximum Gasteiger partial charge on any atom is 0.223 e. The molecule has 0 atom stereocenters. The van der Waals surface area contributed by atoms with Gasteiger partial charge in [-0.1, -0.05) is 6.92 Å². The zero-order chi connectivity index (χ0) is 25.1. The van der Waals surface area contributed by atoms with Crippen LogP contribution in [0.15, 0.2) is 73.1 Å². The minimum atomic E-state index is -0.292. The van der Waals surface area contributed by atoms with E-state index in [1.807, 2.05) is 34.9 Å². The van der Waals surface area contributed by atoms with Gasteiger partial charge in [0, 0.05) is 36.1 Å². The van der Waals surface area contributed by atoms with Crippen LogP contribution in [0.2, 0.25) is 0 Å². The van der Waals surface area contributed by atoms with Crippen LogP contribution in [-0.2, 0) is 13.0 Å². The fourth-order valence-corrected chi connectivity index (χ4v) is 4.11. The molecule has 5 rings (SSSR count). The Morgan fingerprint density at radius 2 is 1.78 bits per heavy atom. The van der Waals surface area contributed by atoms with E-state index in [1.165, 1.54) is 17.7 Å². The number of ether oxygens (including phenoxy) is 2. The molecule has 3 aromatic heterocycles. The number of rotatable bonds is 8. The fraction of sp³-hybridized carbons (Fsp3) is 0.179. The Morgan fingerprint density at radius 1 is 0.944 bits per heavy atom. The molecule has 3 heterocycles. The van der Waals surface area contributed by atoms with Crippen LogP contribution in [0.4, 0.5) is 10.3 Å². The van der Waals surface area contributed by atoms with Gasteiger partial charge >= 0.3 is 0 Å². The molecule has 5 aromatic rings. The monoisotopic (exact) mass is 483 g/mol. The van der Waals surface area contributed by atoms with Gasteiger partial charge in [-0.2, -0.15) is 0 Å². The summed E-state index contributed by atoms with van der Waals surface area (Å²) in [5.41, 5.74) is 5.98. The number of nitrogens with one attached hydrogen (secondary N) is 1. The van der Waals surface area contributed by atoms with Crippen molar-refractivity contribution in [3.05, 3.63) is 90.0 Å². The van der Waals surface area contributed by atoms with Crippen molar-refractivity contribution in [1.82, 2.24) is 19.4 Å². The van der Waals surface area contributed by atoms with Gasteiger partial charge in [0.2, 0.25) is 5.95 Å². The molecule has 36 heavy (non-hydrogen) atoms. The molecule has 0 aliphatic carbocycles. The summed E-state index contributed by atoms with van der Waals surface area (Å²) in [6.07, 6.45) is 4.62. The smallest absolute Gasteiger partial charge is 0.223 e. The van der Waals surface area contributed by atoms with E-state index in [-0.39, 0.29) is 5.82 Å². The predicted octanol–water partition coefficient (Wildman–Crippen LogP) is 5.79. The molecular weight excluding hydrogens is 457 g/mol. The number of hydrogen-bond donors (Lipinski definition) is 1. The average Bonchev–Trinajstić information content (AvgIpc) is 3.31. The Hall–Kier alpha value is -4.46. The summed E-state index contributed by atoms with van der Waals surface area (Å²) < 4.78 is 26.4. The first-order valence-corrected chi connectivity index (χ1v) is 11.6. The van der Waals surface area contributed by atoms with E-state index in [2.05, 4.69) is 29.4 Å². The lowest BCUT2D eigenvalue weighted by atomic mass is 10.1. The van der Waals surface area contributed by atoms with Crippen LogP contribution in [0, 0.1) is 5.82 Å². The molecule has 0 saturated carbocycles. The number of benzene rings is 2. The Morgan fingerprint density at radius 3 is 2.53 bits per heavy atom. The minimum Gasteiger partial charge on any atom is -0.497 e. The first-order valence-electron chi connectivity index (χ1n) is 11.6. The second-order valence-corrected chi connectivity index (χ2v) is 8.23. The van der Waals surface area contributed by atoms with Crippen molar-refractivity contribution in [3.63, 3.8) is 0 Å². The number of methoxy groups -OCH3 is 2. The molecule has 2 aromatic carbocycles. The number of fused-ring (bicyclic) bond motifs is 1. The maximum absolute atomic E-state index is 13.6. The van der Waals surface area contributed by atoms with Crippen LogP contribution >= 0.6 is 0 Å². The lowest BCUT2D eigenvalue weighted by molar-refractivity contribution is 0.391. The first kappa shape index (κ1) is 23.3. The van der Waals surface area contributed by atoms with Crippen molar-refractivity contribution in [2.45, 2.75) is 19.9 Å². The number of hydrogen-bond acceptors (Lipinski definition) is 6. The molecule has 8 heteroatoms. The lowest BCUT2D eigenvalue weighted by Crippen LogP contribution is -2.06. The number of imidazole rings is 1. The zero-order valence-corrected chi connectivity index (χ0v) is 20.3. The molecule has 1 N–H and O–H groups in total. The van der Waals surface area contributed by atoms with Crippen molar-refractivity contribution in [2.24, 2.45) is 0 Å². The van der Waals surface area contributed by atoms with Gasteiger partial charge in [-0.05, 0) is 66.6 Å². The molecule has 0 saturated heterocycles. The minimum absolute atomic E-state index is 0.292. The number of aryl methyl sites for hydroxylation is 1. The van der Waals surface area contributed by atoms with Crippen LogP contribution in [-0.4, -0.2) is 33.6 Å². The second-order valence-electron chi connectivity index (χ2n) is 8.23. The van der Waals surface area contributed by atoms with Crippen LogP contribution < -0.4 is 14.8 Å². The fourth-order valence-electron chi connectivity index (χ4n) is 4.11. The van der Waals surface area contributed by atoms with E-state index in [0.717, 1.165) is 40.3 Å². The number of aromatic nitrogens is 4. The van der Waals surface area contributed by atoms with E-state index in [9.17, 15) is 4.39 Å². The van der Waals surface area contributed by atoms with Crippen LogP contribution in [0.5, 0.6) is 11.5 Å². The third kappa shape index (κ3) is 4.57. The molecule has 0 bridgehead atoms. The normalized spacial score (nSPS) is 11.0. The molecule has 0 aliphatic rings. The van der Waals surface area contributed by atoms with Gasteiger partial charge in [-0.15, -0.1) is 0 Å². The molecule has 0 aliphatic heterocycles. The summed E-state index contributed by atoms with van der Waals surface area (Å²) >= 11 is 0. The highest BCUT2D eigenvalue weighted by atomic mass is 19.1. The second kappa shape index (κ2) is 10.0. The summed E-state index contributed by atoms with van der Waals surface area (Å²) in [5, 5.41) is 3.29. The molecule has 0 amide bonds. The van der Waals surface area contributed by atoms with Crippen molar-refractivity contribution in [1.29, 1.82) is 0 Å². The number of halogens is 1. The predicted molar refractivity (Wildman–Crippen MR) is 138 cm³/mol. The molecule has 0 unspecified atom stereocenters. The molecule has 0 fully saturated rings. The highest BCUT2D eigenvalue weighted by Gasteiger charge is 2.18. The van der Waals surface area contributed by atoms with Crippen LogP contribution in [0.3, 0.4) is 0 Å². The largest absolute Gasteiger partial charge is 0.497 e. The van der Waals surface area contributed by atoms with E-state index >= 15 is 0 Å². The average molecular weight is 484 g/mol. The summed E-state index contributed by atoms with van der Waals surface area (Å²) in [4.78, 5) is 14.1. The quantitative estimate of drug-likeness (QED) is 0.301. The van der Waals surface area contributed by atoms with Gasteiger partial charge in [-0.3, -0.25) is 4.40 Å². The SMILES string of the molecule is CCc1ccn2c(-c3ccnc(NCc4ccc(OC)cc4OC)n3)c(-c3ccc(F)cc3)nc2c1. The van der Waals surface area contributed by atoms with E-state index < -0.39 is 0 Å². The van der Waals surface area contributed by atoms with Gasteiger partial charge < -0.3 is 14.8 Å². The van der Waals surface area contributed by atoms with Gasteiger partial charge in [-0.25, -0.2) is 19.3 Å². The van der Waals surface area contributed by atoms with Crippen LogP contribution in [0.25, 0.3) is 28.3 Å². The number of nitrogens with zero attached hydrogens (tertiary/aromatic N) is 4. The molecule has 7 nitrogen and oxygen atoms in total. The Bertz CT molecular complexity index is 1510. The Kier molecular flexibility index (Phi) is 6.49. The topological polar surface area (TPSA) is 73.6 Å². The Labute approximate surface area is 208 Å². The van der Waals surface area contributed by atoms with Crippen molar-refractivity contribution < 1.29 is 13.9 Å². The highest BCUT2D eigenvalue weighted by Crippen LogP contribution is 2.33.